The third-order valence-electron chi connectivity index (χ3n) is 1.81. The zero-order valence-corrected chi connectivity index (χ0v) is 7.01. The quantitative estimate of drug-likeness (QED) is 0.617. The molecule has 1 N–H and O–H groups in total. The molecule has 13 heavy (non-hydrogen) atoms. The van der Waals surface area contributed by atoms with Gasteiger partial charge >= 0.3 is 0 Å². The van der Waals surface area contributed by atoms with Crippen LogP contribution >= 0.6 is 0 Å². The van der Waals surface area contributed by atoms with E-state index >= 15 is 0 Å². The minimum absolute atomic E-state index is 0.244. The highest BCUT2D eigenvalue weighted by Crippen LogP contribution is 1.98. The number of allylic oxidation sites excluding steroid dienone is 3. The van der Waals surface area contributed by atoms with E-state index < -0.39 is 0 Å². The zero-order valence-electron chi connectivity index (χ0n) is 7.01. The largest absolute Gasteiger partial charge is 0.508 e. The molecule has 1 aliphatic rings. The summed E-state index contributed by atoms with van der Waals surface area (Å²) in [5, 5.41) is 11.0. The summed E-state index contributed by atoms with van der Waals surface area (Å²) < 4.78 is 0. The Labute approximate surface area is 75.9 Å². The Morgan fingerprint density at radius 1 is 1.08 bits per heavy atom. The van der Waals surface area contributed by atoms with Crippen molar-refractivity contribution in [1.29, 1.82) is 0 Å². The lowest BCUT2D eigenvalue weighted by molar-refractivity contribution is 0.474. The predicted octanol–water partition coefficient (Wildman–Crippen LogP) is 0.876. The van der Waals surface area contributed by atoms with Gasteiger partial charge < -0.3 is 5.11 Å². The van der Waals surface area contributed by atoms with Crippen LogP contribution in [0, 0.1) is 0 Å². The standard InChI is InChI=1S/C11H9NO/c13-10-6-5-9-4-2-1-3-7-12-11(9)8-10/h1-8,13H/b2-1-,3-1?,4-2?,7-3-,9-4-,12-7?,12-11-. The van der Waals surface area contributed by atoms with E-state index in [4.69, 9.17) is 0 Å². The summed E-state index contributed by atoms with van der Waals surface area (Å²) >= 11 is 0. The van der Waals surface area contributed by atoms with Gasteiger partial charge in [-0.15, -0.1) is 0 Å². The van der Waals surface area contributed by atoms with Gasteiger partial charge in [0.2, 0.25) is 0 Å². The second-order valence-electron chi connectivity index (χ2n) is 2.77. The van der Waals surface area contributed by atoms with Crippen molar-refractivity contribution in [2.24, 2.45) is 4.99 Å². The first-order chi connectivity index (χ1) is 6.36. The van der Waals surface area contributed by atoms with Crippen molar-refractivity contribution in [3.8, 4) is 5.75 Å². The first-order valence-corrected chi connectivity index (χ1v) is 4.07. The summed E-state index contributed by atoms with van der Waals surface area (Å²) in [5.74, 6) is 0.244. The van der Waals surface area contributed by atoms with Crippen molar-refractivity contribution >= 4 is 6.08 Å². The van der Waals surface area contributed by atoms with E-state index in [2.05, 4.69) is 4.99 Å². The normalized spacial score (nSPS) is 23.7. The maximum Gasteiger partial charge on any atom is 0.117 e. The molecule has 0 aliphatic carbocycles. The summed E-state index contributed by atoms with van der Waals surface area (Å²) in [6.45, 7) is 0. The van der Waals surface area contributed by atoms with Gasteiger partial charge in [-0.3, -0.25) is 4.99 Å². The number of phenols is 1. The average Bonchev–Trinajstić information content (AvgIpc) is 2.08. The maximum atomic E-state index is 9.23. The topological polar surface area (TPSA) is 32.6 Å². The third kappa shape index (κ3) is 1.67. The smallest absolute Gasteiger partial charge is 0.117 e. The maximum absolute atomic E-state index is 9.23. The molecule has 0 radical (unpaired) electrons. The fourth-order valence-electron chi connectivity index (χ4n) is 1.18. The van der Waals surface area contributed by atoms with Crippen LogP contribution in [0.25, 0.3) is 6.08 Å². The highest BCUT2D eigenvalue weighted by Gasteiger charge is 1.89. The summed E-state index contributed by atoms with van der Waals surface area (Å²) in [6.07, 6.45) is 9.38. The number of aromatic hydroxyl groups is 1. The average molecular weight is 171 g/mol. The molecule has 64 valence electrons. The highest BCUT2D eigenvalue weighted by atomic mass is 16.3. The monoisotopic (exact) mass is 171 g/mol. The SMILES string of the molecule is Oc1ccc2/c(c1)=N\C=C/C=C\C=2. The van der Waals surface area contributed by atoms with Crippen LogP contribution in [-0.4, -0.2) is 5.11 Å². The lowest BCUT2D eigenvalue weighted by Gasteiger charge is -1.92. The molecule has 2 rings (SSSR count). The molecular weight excluding hydrogens is 162 g/mol. The highest BCUT2D eigenvalue weighted by molar-refractivity contribution is 5.40. The molecule has 0 atom stereocenters. The Balaban J connectivity index is 2.79. The minimum Gasteiger partial charge on any atom is -0.508 e. The van der Waals surface area contributed by atoms with Crippen molar-refractivity contribution in [2.45, 2.75) is 0 Å². The summed E-state index contributed by atoms with van der Waals surface area (Å²) in [4.78, 5) is 4.18. The molecule has 0 amide bonds. The Morgan fingerprint density at radius 3 is 2.92 bits per heavy atom. The first-order valence-electron chi connectivity index (χ1n) is 4.07. The van der Waals surface area contributed by atoms with Crippen LogP contribution in [-0.2, 0) is 0 Å². The predicted molar refractivity (Wildman–Crippen MR) is 51.6 cm³/mol. The first kappa shape index (κ1) is 7.80. The van der Waals surface area contributed by atoms with Gasteiger partial charge in [0, 0.05) is 17.5 Å². The minimum atomic E-state index is 0.244. The third-order valence-corrected chi connectivity index (χ3v) is 1.81. The Hall–Kier alpha value is -1.83. The number of benzene rings is 1. The van der Waals surface area contributed by atoms with Gasteiger partial charge in [0.25, 0.3) is 0 Å². The van der Waals surface area contributed by atoms with E-state index in [0.717, 1.165) is 10.6 Å². The lowest BCUT2D eigenvalue weighted by atomic mass is 10.2. The molecule has 0 fully saturated rings. The van der Waals surface area contributed by atoms with Crippen LogP contribution in [0.15, 0.2) is 47.6 Å². The van der Waals surface area contributed by atoms with Gasteiger partial charge in [0.15, 0.2) is 0 Å². The number of hydrogen-bond acceptors (Lipinski definition) is 2. The van der Waals surface area contributed by atoms with Crippen LogP contribution in [0.1, 0.15) is 0 Å². The molecule has 0 aromatic heterocycles. The Kier molecular flexibility index (Phi) is 1.96. The van der Waals surface area contributed by atoms with E-state index in [0.29, 0.717) is 0 Å². The second-order valence-corrected chi connectivity index (χ2v) is 2.77. The number of fused-ring (bicyclic) bond motifs is 1. The molecule has 1 heterocycles. The van der Waals surface area contributed by atoms with Gasteiger partial charge in [0.1, 0.15) is 5.75 Å². The Bertz CT molecular complexity index is 483. The number of phenolic OH excluding ortho intramolecular Hbond substituents is 1. The summed E-state index contributed by atoms with van der Waals surface area (Å²) in [6, 6.07) is 5.15. The number of rotatable bonds is 0. The van der Waals surface area contributed by atoms with E-state index in [-0.39, 0.29) is 5.75 Å². The Morgan fingerprint density at radius 2 is 2.00 bits per heavy atom. The van der Waals surface area contributed by atoms with Crippen LogP contribution in [0.3, 0.4) is 0 Å². The molecule has 0 unspecified atom stereocenters. The summed E-state index contributed by atoms with van der Waals surface area (Å²) in [5.41, 5.74) is 0. The van der Waals surface area contributed by atoms with Crippen molar-refractivity contribution in [1.82, 2.24) is 0 Å². The van der Waals surface area contributed by atoms with Gasteiger partial charge in [-0.25, -0.2) is 0 Å². The molecule has 1 aliphatic heterocycles. The molecule has 2 nitrogen and oxygen atoms in total. The van der Waals surface area contributed by atoms with Crippen molar-refractivity contribution in [3.63, 3.8) is 0 Å². The molecule has 0 spiro atoms. The molecule has 0 saturated carbocycles. The van der Waals surface area contributed by atoms with Gasteiger partial charge in [-0.2, -0.15) is 0 Å². The summed E-state index contributed by atoms with van der Waals surface area (Å²) in [7, 11) is 0. The zero-order chi connectivity index (χ0) is 9.10. The number of nitrogens with zero attached hydrogens (tertiary/aromatic N) is 1. The molecule has 1 aromatic carbocycles. The van der Waals surface area contributed by atoms with E-state index in [9.17, 15) is 5.11 Å². The van der Waals surface area contributed by atoms with E-state index in [1.54, 1.807) is 18.3 Å². The molecule has 1 aromatic rings. The van der Waals surface area contributed by atoms with Crippen LogP contribution in [0.4, 0.5) is 0 Å². The van der Waals surface area contributed by atoms with Crippen molar-refractivity contribution in [3.05, 3.63) is 53.2 Å². The van der Waals surface area contributed by atoms with E-state index in [1.165, 1.54) is 0 Å². The van der Waals surface area contributed by atoms with Crippen molar-refractivity contribution in [2.75, 3.05) is 0 Å². The van der Waals surface area contributed by atoms with Crippen molar-refractivity contribution < 1.29 is 5.11 Å². The van der Waals surface area contributed by atoms with E-state index in [1.807, 2.05) is 30.4 Å². The van der Waals surface area contributed by atoms with Crippen LogP contribution in [0.2, 0.25) is 0 Å². The fourth-order valence-corrected chi connectivity index (χ4v) is 1.18. The van der Waals surface area contributed by atoms with Gasteiger partial charge in [0.05, 0.1) is 5.36 Å². The van der Waals surface area contributed by atoms with Crippen LogP contribution < -0.4 is 10.6 Å². The van der Waals surface area contributed by atoms with Gasteiger partial charge in [-0.05, 0) is 18.2 Å². The number of hydrogen-bond donors (Lipinski definition) is 1. The molecule has 2 heteroatoms. The second kappa shape index (κ2) is 3.27. The molecule has 0 bridgehead atoms. The fraction of sp³-hybridized carbons (Fsp3) is 0. The van der Waals surface area contributed by atoms with Gasteiger partial charge in [-0.1, -0.05) is 18.2 Å². The molecule has 0 saturated heterocycles. The molecular formula is C11H9NO. The lowest BCUT2D eigenvalue weighted by Crippen LogP contribution is -2.23. The van der Waals surface area contributed by atoms with Crippen LogP contribution in [0.5, 0.6) is 5.75 Å².